The lowest BCUT2D eigenvalue weighted by Gasteiger charge is -2.36. The quantitative estimate of drug-likeness (QED) is 0.906. The predicted octanol–water partition coefficient (Wildman–Crippen LogP) is 1.81. The van der Waals surface area contributed by atoms with Crippen molar-refractivity contribution >= 4 is 10.0 Å². The van der Waals surface area contributed by atoms with Gasteiger partial charge in [0.05, 0.1) is 11.0 Å². The summed E-state index contributed by atoms with van der Waals surface area (Å²) in [5, 5.41) is 9.74. The zero-order chi connectivity index (χ0) is 14.5. The van der Waals surface area contributed by atoms with Gasteiger partial charge in [-0.2, -0.15) is 4.31 Å². The van der Waals surface area contributed by atoms with E-state index in [0.29, 0.717) is 18.4 Å². The molecule has 0 radical (unpaired) electrons. The van der Waals surface area contributed by atoms with Crippen LogP contribution in [0, 0.1) is 12.7 Å². The van der Waals surface area contributed by atoms with Crippen LogP contribution in [-0.4, -0.2) is 36.0 Å². The van der Waals surface area contributed by atoms with Crippen LogP contribution in [0.15, 0.2) is 23.1 Å². The monoisotopic (exact) mass is 299 g/mol. The number of aryl methyl sites for hydroxylation is 1. The number of rotatable bonds is 2. The average Bonchev–Trinajstić information content (AvgIpc) is 2.66. The molecule has 2 saturated heterocycles. The Bertz CT molecular complexity index is 617. The number of nitrogens with zero attached hydrogens (tertiary/aromatic N) is 1. The van der Waals surface area contributed by atoms with E-state index >= 15 is 0 Å². The molecule has 2 atom stereocenters. The van der Waals surface area contributed by atoms with Crippen molar-refractivity contribution in [2.75, 3.05) is 0 Å². The summed E-state index contributed by atoms with van der Waals surface area (Å²) in [6.07, 6.45) is 2.08. The molecular formula is C14H18FNO3S. The summed E-state index contributed by atoms with van der Waals surface area (Å²) in [4.78, 5) is 0.00823. The molecule has 0 aliphatic carbocycles. The summed E-state index contributed by atoms with van der Waals surface area (Å²) in [5.74, 6) is -0.504. The normalized spacial score (nSPS) is 30.6. The fraction of sp³-hybridized carbons (Fsp3) is 0.571. The van der Waals surface area contributed by atoms with Gasteiger partial charge >= 0.3 is 0 Å². The van der Waals surface area contributed by atoms with E-state index in [1.54, 1.807) is 6.92 Å². The smallest absolute Gasteiger partial charge is 0.243 e. The minimum Gasteiger partial charge on any atom is -0.393 e. The Balaban J connectivity index is 1.98. The Morgan fingerprint density at radius 2 is 1.85 bits per heavy atom. The van der Waals surface area contributed by atoms with Crippen LogP contribution < -0.4 is 0 Å². The van der Waals surface area contributed by atoms with Crippen molar-refractivity contribution in [2.24, 2.45) is 0 Å². The molecule has 2 unspecified atom stereocenters. The summed E-state index contributed by atoms with van der Waals surface area (Å²) in [5.41, 5.74) is 0.431. The van der Waals surface area contributed by atoms with Crippen LogP contribution >= 0.6 is 0 Å². The molecule has 0 aromatic heterocycles. The van der Waals surface area contributed by atoms with E-state index in [1.807, 2.05) is 0 Å². The minimum atomic E-state index is -3.68. The van der Waals surface area contributed by atoms with Crippen LogP contribution in [-0.2, 0) is 10.0 Å². The van der Waals surface area contributed by atoms with Crippen molar-refractivity contribution in [2.45, 2.75) is 55.7 Å². The molecule has 2 aliphatic heterocycles. The molecule has 20 heavy (non-hydrogen) atoms. The second-order valence-corrected chi connectivity index (χ2v) is 7.60. The zero-order valence-electron chi connectivity index (χ0n) is 11.3. The van der Waals surface area contributed by atoms with E-state index in [9.17, 15) is 17.9 Å². The van der Waals surface area contributed by atoms with E-state index < -0.39 is 21.9 Å². The standard InChI is InChI=1S/C14H18FNO3S/c1-9-2-5-13(8-14(9)15)20(18,19)16-10-3-4-11(16)7-12(17)6-10/h2,5,8,10-12,17H,3-4,6-7H2,1H3. The van der Waals surface area contributed by atoms with Gasteiger partial charge in [-0.1, -0.05) is 6.07 Å². The third-order valence-electron chi connectivity index (χ3n) is 4.36. The maximum atomic E-state index is 13.6. The molecule has 2 fully saturated rings. The summed E-state index contributed by atoms with van der Waals surface area (Å²) in [6.45, 7) is 1.60. The summed E-state index contributed by atoms with van der Waals surface area (Å²) in [7, 11) is -3.68. The Kier molecular flexibility index (Phi) is 3.35. The predicted molar refractivity (Wildman–Crippen MR) is 72.2 cm³/mol. The number of aliphatic hydroxyl groups excluding tert-OH is 1. The number of benzene rings is 1. The molecule has 4 nitrogen and oxygen atoms in total. The fourth-order valence-corrected chi connectivity index (χ4v) is 5.26. The SMILES string of the molecule is Cc1ccc(S(=O)(=O)N2C3CCC2CC(O)C3)cc1F. The number of aliphatic hydroxyl groups is 1. The van der Waals surface area contributed by atoms with Gasteiger partial charge in [-0.15, -0.1) is 0 Å². The first kappa shape index (κ1) is 14.0. The second kappa shape index (κ2) is 4.79. The van der Waals surface area contributed by atoms with Gasteiger partial charge in [-0.05, 0) is 50.3 Å². The Morgan fingerprint density at radius 1 is 1.25 bits per heavy atom. The van der Waals surface area contributed by atoms with Gasteiger partial charge in [0.15, 0.2) is 0 Å². The molecule has 1 aromatic carbocycles. The Morgan fingerprint density at radius 3 is 2.40 bits per heavy atom. The number of hydrogen-bond donors (Lipinski definition) is 1. The molecule has 0 spiro atoms. The van der Waals surface area contributed by atoms with Crippen molar-refractivity contribution < 1.29 is 17.9 Å². The number of halogens is 1. The largest absolute Gasteiger partial charge is 0.393 e. The minimum absolute atomic E-state index is 0.00823. The molecule has 2 heterocycles. The van der Waals surface area contributed by atoms with Gasteiger partial charge in [0, 0.05) is 12.1 Å². The van der Waals surface area contributed by atoms with E-state index in [1.165, 1.54) is 16.4 Å². The second-order valence-electron chi connectivity index (χ2n) is 5.76. The number of piperidine rings is 1. The first-order valence-electron chi connectivity index (χ1n) is 6.87. The lowest BCUT2D eigenvalue weighted by Crippen LogP contribution is -2.47. The van der Waals surface area contributed by atoms with Crippen molar-refractivity contribution in [1.82, 2.24) is 4.31 Å². The highest BCUT2D eigenvalue weighted by molar-refractivity contribution is 7.89. The van der Waals surface area contributed by atoms with E-state index in [2.05, 4.69) is 0 Å². The van der Waals surface area contributed by atoms with E-state index in [-0.39, 0.29) is 17.0 Å². The van der Waals surface area contributed by atoms with Gasteiger partial charge in [-0.25, -0.2) is 12.8 Å². The van der Waals surface area contributed by atoms with Crippen LogP contribution in [0.2, 0.25) is 0 Å². The van der Waals surface area contributed by atoms with Gasteiger partial charge in [0.2, 0.25) is 10.0 Å². The number of fused-ring (bicyclic) bond motifs is 2. The Labute approximate surface area is 118 Å². The van der Waals surface area contributed by atoms with Gasteiger partial charge < -0.3 is 5.11 Å². The number of sulfonamides is 1. The van der Waals surface area contributed by atoms with Crippen molar-refractivity contribution in [3.05, 3.63) is 29.6 Å². The first-order valence-corrected chi connectivity index (χ1v) is 8.31. The lowest BCUT2D eigenvalue weighted by molar-refractivity contribution is 0.0768. The summed E-state index contributed by atoms with van der Waals surface area (Å²) < 4.78 is 40.5. The van der Waals surface area contributed by atoms with E-state index in [4.69, 9.17) is 0 Å². The molecule has 2 aliphatic rings. The fourth-order valence-electron chi connectivity index (χ4n) is 3.35. The van der Waals surface area contributed by atoms with E-state index in [0.717, 1.165) is 18.9 Å². The molecule has 1 aromatic rings. The summed E-state index contributed by atoms with van der Waals surface area (Å²) >= 11 is 0. The molecule has 2 bridgehead atoms. The molecule has 1 N–H and O–H groups in total. The molecule has 110 valence electrons. The molecule has 0 amide bonds. The molecule has 6 heteroatoms. The van der Waals surface area contributed by atoms with Crippen LogP contribution in [0.3, 0.4) is 0 Å². The van der Waals surface area contributed by atoms with Crippen LogP contribution in [0.1, 0.15) is 31.2 Å². The van der Waals surface area contributed by atoms with Crippen LogP contribution in [0.4, 0.5) is 4.39 Å². The maximum Gasteiger partial charge on any atom is 0.243 e. The van der Waals surface area contributed by atoms with Crippen molar-refractivity contribution in [3.8, 4) is 0 Å². The average molecular weight is 299 g/mol. The lowest BCUT2D eigenvalue weighted by atomic mass is 10.0. The number of hydrogen-bond acceptors (Lipinski definition) is 3. The first-order chi connectivity index (χ1) is 9.39. The van der Waals surface area contributed by atoms with Crippen molar-refractivity contribution in [1.29, 1.82) is 0 Å². The third kappa shape index (κ3) is 2.16. The van der Waals surface area contributed by atoms with Gasteiger partial charge in [0.1, 0.15) is 5.82 Å². The highest BCUT2D eigenvalue weighted by atomic mass is 32.2. The maximum absolute atomic E-state index is 13.6. The van der Waals surface area contributed by atoms with Gasteiger partial charge in [0.25, 0.3) is 0 Å². The third-order valence-corrected chi connectivity index (χ3v) is 6.36. The summed E-state index contributed by atoms with van der Waals surface area (Å²) in [6, 6.07) is 3.73. The molecular weight excluding hydrogens is 281 g/mol. The zero-order valence-corrected chi connectivity index (χ0v) is 12.1. The highest BCUT2D eigenvalue weighted by Crippen LogP contribution is 2.39. The van der Waals surface area contributed by atoms with Crippen LogP contribution in [0.5, 0.6) is 0 Å². The van der Waals surface area contributed by atoms with Gasteiger partial charge in [-0.3, -0.25) is 0 Å². The highest BCUT2D eigenvalue weighted by Gasteiger charge is 2.46. The van der Waals surface area contributed by atoms with Crippen molar-refractivity contribution in [3.63, 3.8) is 0 Å². The molecule has 0 saturated carbocycles. The van der Waals surface area contributed by atoms with Crippen LogP contribution in [0.25, 0.3) is 0 Å². The Hall–Kier alpha value is -0.980. The molecule has 3 rings (SSSR count). The topological polar surface area (TPSA) is 57.6 Å².